The van der Waals surface area contributed by atoms with E-state index in [2.05, 4.69) is 4.74 Å². The lowest BCUT2D eigenvalue weighted by atomic mass is 10.1. The molecule has 5 nitrogen and oxygen atoms in total. The molecule has 2 aromatic carbocycles. The van der Waals surface area contributed by atoms with Crippen LogP contribution in [-0.4, -0.2) is 18.4 Å². The zero-order chi connectivity index (χ0) is 17.7. The maximum Gasteiger partial charge on any atom is 0.438 e. The van der Waals surface area contributed by atoms with Crippen molar-refractivity contribution < 1.29 is 23.9 Å². The number of benzene rings is 2. The number of aryl methyl sites for hydroxylation is 2. The number of nitrogens with zero attached hydrogens (tertiary/aromatic N) is 1. The lowest BCUT2D eigenvalue weighted by Crippen LogP contribution is -2.28. The number of amides is 1. The standard InChI is InChI=1S/C18H20FNO4/c1-4-13-8-9-17(15(19)10-13)24-11-14-12(2)6-5-7-16(14)20(22)18(21)23-3/h5-10,22H,4,11H2,1-3H3. The molecule has 128 valence electrons. The Hall–Kier alpha value is -2.60. The predicted octanol–water partition coefficient (Wildman–Crippen LogP) is 4.24. The summed E-state index contributed by atoms with van der Waals surface area (Å²) in [5.74, 6) is -0.331. The summed E-state index contributed by atoms with van der Waals surface area (Å²) in [6.07, 6.45) is -0.182. The molecule has 24 heavy (non-hydrogen) atoms. The molecule has 0 aliphatic carbocycles. The Labute approximate surface area is 140 Å². The van der Waals surface area contributed by atoms with Gasteiger partial charge in [-0.25, -0.2) is 9.18 Å². The summed E-state index contributed by atoms with van der Waals surface area (Å²) in [5.41, 5.74) is 2.46. The van der Waals surface area contributed by atoms with Gasteiger partial charge in [0, 0.05) is 5.56 Å². The molecule has 0 atom stereocenters. The van der Waals surface area contributed by atoms with Gasteiger partial charge in [-0.3, -0.25) is 5.21 Å². The van der Waals surface area contributed by atoms with Crippen LogP contribution in [0.15, 0.2) is 36.4 Å². The summed E-state index contributed by atoms with van der Waals surface area (Å²) in [6.45, 7) is 3.75. The molecule has 0 bridgehead atoms. The largest absolute Gasteiger partial charge is 0.486 e. The van der Waals surface area contributed by atoms with Gasteiger partial charge in [-0.05, 0) is 42.7 Å². The summed E-state index contributed by atoms with van der Waals surface area (Å²) < 4.78 is 24.1. The van der Waals surface area contributed by atoms with E-state index in [4.69, 9.17) is 4.74 Å². The van der Waals surface area contributed by atoms with Crippen molar-refractivity contribution in [3.63, 3.8) is 0 Å². The molecule has 0 aliphatic heterocycles. The van der Waals surface area contributed by atoms with Gasteiger partial charge < -0.3 is 9.47 Å². The second kappa shape index (κ2) is 7.79. The molecule has 0 aromatic heterocycles. The van der Waals surface area contributed by atoms with E-state index in [1.54, 1.807) is 24.3 Å². The molecule has 0 unspecified atom stereocenters. The zero-order valence-corrected chi connectivity index (χ0v) is 13.9. The number of carbonyl (C=O) groups is 1. The van der Waals surface area contributed by atoms with Gasteiger partial charge in [-0.15, -0.1) is 0 Å². The number of rotatable bonds is 5. The average molecular weight is 333 g/mol. The van der Waals surface area contributed by atoms with Crippen LogP contribution in [0.25, 0.3) is 0 Å². The van der Waals surface area contributed by atoms with Gasteiger partial charge in [0.05, 0.1) is 12.8 Å². The molecule has 0 saturated heterocycles. The highest BCUT2D eigenvalue weighted by atomic mass is 19.1. The van der Waals surface area contributed by atoms with Crippen molar-refractivity contribution in [3.05, 3.63) is 58.9 Å². The van der Waals surface area contributed by atoms with Crippen LogP contribution in [0.2, 0.25) is 0 Å². The number of hydrogen-bond acceptors (Lipinski definition) is 4. The smallest absolute Gasteiger partial charge is 0.438 e. The van der Waals surface area contributed by atoms with E-state index in [1.165, 1.54) is 13.2 Å². The molecule has 2 aromatic rings. The fraction of sp³-hybridized carbons (Fsp3) is 0.278. The van der Waals surface area contributed by atoms with Crippen LogP contribution >= 0.6 is 0 Å². The molecule has 2 rings (SSSR count). The lowest BCUT2D eigenvalue weighted by Gasteiger charge is -2.19. The van der Waals surface area contributed by atoms with Crippen LogP contribution in [-0.2, 0) is 17.8 Å². The van der Waals surface area contributed by atoms with E-state index >= 15 is 0 Å². The van der Waals surface area contributed by atoms with Gasteiger partial charge in [0.1, 0.15) is 6.61 Å². The molecule has 6 heteroatoms. The molecule has 1 amide bonds. The van der Waals surface area contributed by atoms with Gasteiger partial charge in [0.25, 0.3) is 0 Å². The Bertz CT molecular complexity index is 733. The number of anilines is 1. The minimum Gasteiger partial charge on any atom is -0.486 e. The van der Waals surface area contributed by atoms with E-state index in [1.807, 2.05) is 19.9 Å². The third-order valence-electron chi connectivity index (χ3n) is 3.74. The lowest BCUT2D eigenvalue weighted by molar-refractivity contribution is 0.140. The summed E-state index contributed by atoms with van der Waals surface area (Å²) in [4.78, 5) is 11.5. The van der Waals surface area contributed by atoms with Crippen molar-refractivity contribution in [2.24, 2.45) is 0 Å². The monoisotopic (exact) mass is 333 g/mol. The van der Waals surface area contributed by atoms with Gasteiger partial charge >= 0.3 is 6.09 Å². The van der Waals surface area contributed by atoms with Gasteiger partial charge in [-0.1, -0.05) is 25.1 Å². The highest BCUT2D eigenvalue weighted by Gasteiger charge is 2.19. The summed E-state index contributed by atoms with van der Waals surface area (Å²) in [6, 6.07) is 9.86. The fourth-order valence-corrected chi connectivity index (χ4v) is 2.29. The number of carbonyl (C=O) groups excluding carboxylic acids is 1. The average Bonchev–Trinajstić information content (AvgIpc) is 2.59. The van der Waals surface area contributed by atoms with Crippen LogP contribution in [0.5, 0.6) is 5.75 Å². The fourth-order valence-electron chi connectivity index (χ4n) is 2.29. The Morgan fingerprint density at radius 2 is 2.04 bits per heavy atom. The molecule has 0 heterocycles. The third-order valence-corrected chi connectivity index (χ3v) is 3.74. The maximum atomic E-state index is 14.0. The number of hydroxylamine groups is 1. The summed E-state index contributed by atoms with van der Waals surface area (Å²) in [5, 5.41) is 10.3. The maximum absolute atomic E-state index is 14.0. The van der Waals surface area contributed by atoms with Crippen molar-refractivity contribution in [1.82, 2.24) is 0 Å². The van der Waals surface area contributed by atoms with Gasteiger partial charge in [-0.2, -0.15) is 5.06 Å². The van der Waals surface area contributed by atoms with Gasteiger partial charge in [0.15, 0.2) is 11.6 Å². The van der Waals surface area contributed by atoms with E-state index < -0.39 is 11.9 Å². The highest BCUT2D eigenvalue weighted by Crippen LogP contribution is 2.26. The molecular weight excluding hydrogens is 313 g/mol. The van der Waals surface area contributed by atoms with Crippen LogP contribution in [0.4, 0.5) is 14.9 Å². The normalized spacial score (nSPS) is 10.4. The minimum atomic E-state index is -0.916. The second-order valence-corrected chi connectivity index (χ2v) is 5.26. The minimum absolute atomic E-state index is 0.00154. The Morgan fingerprint density at radius 1 is 1.29 bits per heavy atom. The van der Waals surface area contributed by atoms with E-state index in [0.29, 0.717) is 10.6 Å². The first-order valence-corrected chi connectivity index (χ1v) is 7.54. The molecule has 0 fully saturated rings. The van der Waals surface area contributed by atoms with Crippen LogP contribution in [0.1, 0.15) is 23.6 Å². The van der Waals surface area contributed by atoms with Crippen molar-refractivity contribution >= 4 is 11.8 Å². The van der Waals surface area contributed by atoms with Crippen LogP contribution in [0, 0.1) is 12.7 Å². The summed E-state index contributed by atoms with van der Waals surface area (Å²) in [7, 11) is 1.17. The molecular formula is C18H20FNO4. The third kappa shape index (κ3) is 3.83. The second-order valence-electron chi connectivity index (χ2n) is 5.26. The summed E-state index contributed by atoms with van der Waals surface area (Å²) >= 11 is 0. The molecule has 1 N–H and O–H groups in total. The SMILES string of the molecule is CCc1ccc(OCc2c(C)cccc2N(O)C(=O)OC)c(F)c1. The topological polar surface area (TPSA) is 59.0 Å². The number of ether oxygens (including phenoxy) is 2. The van der Waals surface area contributed by atoms with E-state index in [0.717, 1.165) is 17.5 Å². The van der Waals surface area contributed by atoms with Crippen molar-refractivity contribution in [3.8, 4) is 5.75 Å². The van der Waals surface area contributed by atoms with E-state index in [9.17, 15) is 14.4 Å². The van der Waals surface area contributed by atoms with Crippen LogP contribution in [0.3, 0.4) is 0 Å². The predicted molar refractivity (Wildman–Crippen MR) is 88.0 cm³/mol. The first-order valence-electron chi connectivity index (χ1n) is 7.54. The van der Waals surface area contributed by atoms with Crippen molar-refractivity contribution in [2.75, 3.05) is 12.2 Å². The highest BCUT2D eigenvalue weighted by molar-refractivity contribution is 5.86. The van der Waals surface area contributed by atoms with E-state index in [-0.39, 0.29) is 18.0 Å². The number of halogens is 1. The van der Waals surface area contributed by atoms with Crippen LogP contribution < -0.4 is 9.80 Å². The number of hydrogen-bond donors (Lipinski definition) is 1. The molecule has 0 radical (unpaired) electrons. The first-order chi connectivity index (χ1) is 11.5. The molecule has 0 saturated carbocycles. The Balaban J connectivity index is 2.25. The molecule has 0 aliphatic rings. The number of methoxy groups -OCH3 is 1. The quantitative estimate of drug-likeness (QED) is 0.657. The Morgan fingerprint density at radius 3 is 2.67 bits per heavy atom. The Kier molecular flexibility index (Phi) is 5.76. The van der Waals surface area contributed by atoms with Crippen molar-refractivity contribution in [1.29, 1.82) is 0 Å². The van der Waals surface area contributed by atoms with Gasteiger partial charge in [0.2, 0.25) is 0 Å². The molecule has 0 spiro atoms. The van der Waals surface area contributed by atoms with Crippen molar-refractivity contribution in [2.45, 2.75) is 26.9 Å². The zero-order valence-electron chi connectivity index (χ0n) is 13.9. The first kappa shape index (κ1) is 17.7.